The number of ether oxygens (including phenoxy) is 1. The molecule has 0 saturated carbocycles. The summed E-state index contributed by atoms with van der Waals surface area (Å²) in [6, 6.07) is 8.65. The molecule has 1 aromatic carbocycles. The minimum atomic E-state index is -1.02. The molecule has 3 heterocycles. The van der Waals surface area contributed by atoms with Crippen molar-refractivity contribution in [2.24, 2.45) is 5.41 Å². The second-order valence-corrected chi connectivity index (χ2v) is 11.1. The van der Waals surface area contributed by atoms with Gasteiger partial charge in [0.1, 0.15) is 23.3 Å². The van der Waals surface area contributed by atoms with Gasteiger partial charge >= 0.3 is 5.56 Å². The lowest BCUT2D eigenvalue weighted by molar-refractivity contribution is -0.137. The molecule has 1 aliphatic rings. The minimum absolute atomic E-state index is 0.0297. The summed E-state index contributed by atoms with van der Waals surface area (Å²) in [4.78, 5) is 44.7. The SMILES string of the molecule is Cc1cc(Oc2ccc(C(=O)NC(C)C(=O)N3[C@H](c4cc(Cl)ccc4F)CC[C@@H]3C(C)(C)C#N)nc2C)c(=O)[nH]n1. The maximum atomic E-state index is 14.9. The first kappa shape index (κ1) is 29.7. The molecule has 3 atom stereocenters. The number of likely N-dealkylation sites (tertiary alicyclic amines) is 1. The largest absolute Gasteiger partial charge is 0.450 e. The highest BCUT2D eigenvalue weighted by Crippen LogP contribution is 2.44. The molecular formula is C29H30ClFN6O4. The van der Waals surface area contributed by atoms with Crippen molar-refractivity contribution in [2.75, 3.05) is 0 Å². The second kappa shape index (κ2) is 11.7. The van der Waals surface area contributed by atoms with Gasteiger partial charge in [-0.25, -0.2) is 14.5 Å². The normalized spacial score (nSPS) is 17.6. The van der Waals surface area contributed by atoms with Crippen molar-refractivity contribution in [1.82, 2.24) is 25.4 Å². The third kappa shape index (κ3) is 6.23. The first-order chi connectivity index (χ1) is 19.3. The van der Waals surface area contributed by atoms with Gasteiger partial charge in [0.05, 0.1) is 35.0 Å². The number of carbonyl (C=O) groups excluding carboxylic acids is 2. The van der Waals surface area contributed by atoms with Crippen LogP contribution in [-0.4, -0.2) is 44.0 Å². The van der Waals surface area contributed by atoms with Crippen molar-refractivity contribution < 1.29 is 18.7 Å². The number of nitrogens with one attached hydrogen (secondary N) is 2. The first-order valence-electron chi connectivity index (χ1n) is 13.0. The molecule has 2 N–H and O–H groups in total. The summed E-state index contributed by atoms with van der Waals surface area (Å²) in [5.74, 6) is -1.27. The van der Waals surface area contributed by atoms with Crippen molar-refractivity contribution in [1.29, 1.82) is 5.26 Å². The summed E-state index contributed by atoms with van der Waals surface area (Å²) < 4.78 is 20.5. The molecule has 1 fully saturated rings. The molecule has 41 heavy (non-hydrogen) atoms. The van der Waals surface area contributed by atoms with E-state index in [-0.39, 0.29) is 22.8 Å². The monoisotopic (exact) mass is 580 g/mol. The van der Waals surface area contributed by atoms with Gasteiger partial charge in [0.2, 0.25) is 5.91 Å². The van der Waals surface area contributed by atoms with Crippen LogP contribution in [0.15, 0.2) is 41.2 Å². The van der Waals surface area contributed by atoms with E-state index in [2.05, 4.69) is 26.6 Å². The number of hydrogen-bond acceptors (Lipinski definition) is 7. The molecule has 1 unspecified atom stereocenters. The highest BCUT2D eigenvalue weighted by molar-refractivity contribution is 6.30. The fraction of sp³-hybridized carbons (Fsp3) is 0.379. The lowest BCUT2D eigenvalue weighted by atomic mass is 9.84. The Morgan fingerprint density at radius 1 is 1.22 bits per heavy atom. The van der Waals surface area contributed by atoms with Crippen molar-refractivity contribution in [3.8, 4) is 17.6 Å². The number of H-pyrrole nitrogens is 1. The molecule has 2 aromatic heterocycles. The fourth-order valence-corrected chi connectivity index (χ4v) is 5.17. The number of rotatable bonds is 7. The molecule has 214 valence electrons. The van der Waals surface area contributed by atoms with Crippen LogP contribution in [0.5, 0.6) is 11.5 Å². The van der Waals surface area contributed by atoms with Crippen LogP contribution in [0.25, 0.3) is 0 Å². The van der Waals surface area contributed by atoms with Crippen molar-refractivity contribution in [3.05, 3.63) is 80.2 Å². The van der Waals surface area contributed by atoms with E-state index in [0.717, 1.165) is 0 Å². The van der Waals surface area contributed by atoms with Gasteiger partial charge in [-0.3, -0.25) is 14.4 Å². The third-order valence-corrected chi connectivity index (χ3v) is 7.42. The second-order valence-electron chi connectivity index (χ2n) is 10.6. The Labute approximate surface area is 241 Å². The number of aryl methyl sites for hydroxylation is 2. The maximum absolute atomic E-state index is 14.9. The van der Waals surface area contributed by atoms with E-state index in [1.807, 2.05) is 0 Å². The first-order valence-corrected chi connectivity index (χ1v) is 13.4. The summed E-state index contributed by atoms with van der Waals surface area (Å²) in [7, 11) is 0. The predicted molar refractivity (Wildman–Crippen MR) is 149 cm³/mol. The number of aromatic nitrogens is 3. The number of halogens is 2. The Morgan fingerprint density at radius 3 is 2.63 bits per heavy atom. The van der Waals surface area contributed by atoms with Crippen LogP contribution >= 0.6 is 11.6 Å². The molecule has 4 rings (SSSR count). The van der Waals surface area contributed by atoms with Gasteiger partial charge in [0, 0.05) is 16.7 Å². The number of nitriles is 1. The van der Waals surface area contributed by atoms with Crippen molar-refractivity contribution >= 4 is 23.4 Å². The molecule has 0 bridgehead atoms. The van der Waals surface area contributed by atoms with Crippen molar-refractivity contribution in [3.63, 3.8) is 0 Å². The highest BCUT2D eigenvalue weighted by atomic mass is 35.5. The lowest BCUT2D eigenvalue weighted by Gasteiger charge is -2.38. The van der Waals surface area contributed by atoms with Gasteiger partial charge in [0.15, 0.2) is 5.75 Å². The van der Waals surface area contributed by atoms with E-state index in [9.17, 15) is 24.0 Å². The van der Waals surface area contributed by atoms with Crippen LogP contribution in [-0.2, 0) is 4.79 Å². The van der Waals surface area contributed by atoms with E-state index in [1.54, 1.807) is 27.7 Å². The number of aromatic amines is 1. The Balaban J connectivity index is 1.55. The molecule has 3 aromatic rings. The fourth-order valence-electron chi connectivity index (χ4n) is 4.99. The van der Waals surface area contributed by atoms with E-state index in [1.165, 1.54) is 48.2 Å². The number of benzene rings is 1. The van der Waals surface area contributed by atoms with Gasteiger partial charge in [-0.1, -0.05) is 11.6 Å². The smallest absolute Gasteiger partial charge is 0.307 e. The zero-order valence-corrected chi connectivity index (χ0v) is 24.0. The van der Waals surface area contributed by atoms with Crippen LogP contribution in [0, 0.1) is 36.4 Å². The molecule has 1 aliphatic heterocycles. The predicted octanol–water partition coefficient (Wildman–Crippen LogP) is 4.77. The van der Waals surface area contributed by atoms with Gasteiger partial charge in [-0.05, 0) is 77.8 Å². The van der Waals surface area contributed by atoms with Crippen LogP contribution < -0.4 is 15.6 Å². The topological polar surface area (TPSA) is 141 Å². The summed E-state index contributed by atoms with van der Waals surface area (Å²) in [6.45, 7) is 8.31. The third-order valence-electron chi connectivity index (χ3n) is 7.18. The zero-order valence-electron chi connectivity index (χ0n) is 23.3. The van der Waals surface area contributed by atoms with Gasteiger partial charge in [-0.15, -0.1) is 0 Å². The average molecular weight is 581 g/mol. The average Bonchev–Trinajstić information content (AvgIpc) is 3.38. The van der Waals surface area contributed by atoms with Crippen LogP contribution in [0.2, 0.25) is 5.02 Å². The summed E-state index contributed by atoms with van der Waals surface area (Å²) in [6.07, 6.45) is 0.910. The van der Waals surface area contributed by atoms with Crippen LogP contribution in [0.4, 0.5) is 4.39 Å². The summed E-state index contributed by atoms with van der Waals surface area (Å²) in [5, 5.41) is 19.0. The van der Waals surface area contributed by atoms with E-state index in [4.69, 9.17) is 16.3 Å². The Morgan fingerprint density at radius 2 is 1.95 bits per heavy atom. The Kier molecular flexibility index (Phi) is 8.44. The molecule has 0 aliphatic carbocycles. The van der Waals surface area contributed by atoms with Crippen LogP contribution in [0.1, 0.15) is 67.1 Å². The number of pyridine rings is 1. The number of amides is 2. The molecule has 12 heteroatoms. The summed E-state index contributed by atoms with van der Waals surface area (Å²) >= 11 is 6.14. The number of hydrogen-bond donors (Lipinski definition) is 2. The van der Waals surface area contributed by atoms with Crippen LogP contribution in [0.3, 0.4) is 0 Å². The lowest BCUT2D eigenvalue weighted by Crippen LogP contribution is -2.52. The van der Waals surface area contributed by atoms with Gasteiger partial charge < -0.3 is 15.0 Å². The quantitative estimate of drug-likeness (QED) is 0.410. The van der Waals surface area contributed by atoms with E-state index in [0.29, 0.717) is 29.3 Å². The molecule has 0 spiro atoms. The van der Waals surface area contributed by atoms with Gasteiger partial charge in [0.25, 0.3) is 5.91 Å². The maximum Gasteiger partial charge on any atom is 0.307 e. The number of nitrogens with zero attached hydrogens (tertiary/aromatic N) is 4. The Bertz CT molecular complexity index is 1600. The zero-order chi connectivity index (χ0) is 30.1. The number of carbonyl (C=O) groups is 2. The molecular weight excluding hydrogens is 551 g/mol. The molecule has 10 nitrogen and oxygen atoms in total. The van der Waals surface area contributed by atoms with Crippen molar-refractivity contribution in [2.45, 2.75) is 65.6 Å². The minimum Gasteiger partial charge on any atom is -0.450 e. The van der Waals surface area contributed by atoms with E-state index >= 15 is 0 Å². The Hall–Kier alpha value is -4.30. The van der Waals surface area contributed by atoms with E-state index < -0.39 is 46.7 Å². The molecule has 2 amide bonds. The summed E-state index contributed by atoms with van der Waals surface area (Å²) in [5.41, 5.74) is -0.248. The van der Waals surface area contributed by atoms with Gasteiger partial charge in [-0.2, -0.15) is 10.4 Å². The highest BCUT2D eigenvalue weighted by Gasteiger charge is 2.47. The molecule has 0 radical (unpaired) electrons. The molecule has 1 saturated heterocycles. The standard InChI is InChI=1S/C29H30ClFN6O4/c1-15-12-24(27(39)36-35-15)41-23-10-8-21(33-16(23)2)26(38)34-17(3)28(40)37-22(9-11-25(37)29(4,5)14-32)19-13-18(30)6-7-20(19)31/h6-8,10,12-13,17,22,25H,9,11H2,1-5H3,(H,34,38)(H,36,39)/t17?,22-,25+/m0/s1.